The van der Waals surface area contributed by atoms with Crippen LogP contribution in [0.5, 0.6) is 0 Å². The second-order valence-electron chi connectivity index (χ2n) is 3.93. The van der Waals surface area contributed by atoms with Crippen LogP contribution in [0.15, 0.2) is 35.3 Å². The third-order valence-electron chi connectivity index (χ3n) is 2.54. The van der Waals surface area contributed by atoms with Crippen molar-refractivity contribution < 1.29 is 14.4 Å². The number of ether oxygens (including phenoxy) is 1. The zero-order valence-corrected chi connectivity index (χ0v) is 11.5. The number of rotatable bonds is 6. The number of aliphatic imine (C=N–C) groups is 1. The summed E-state index contributed by atoms with van der Waals surface area (Å²) in [4.78, 5) is 21.2. The fourth-order valence-corrected chi connectivity index (χ4v) is 2.61. The van der Waals surface area contributed by atoms with Crippen molar-refractivity contribution in [1.29, 1.82) is 0 Å². The Morgan fingerprint density at radius 2 is 2.21 bits per heavy atom. The summed E-state index contributed by atoms with van der Waals surface area (Å²) in [5.41, 5.74) is 3.44. The Morgan fingerprint density at radius 1 is 1.42 bits per heavy atom. The topological polar surface area (TPSA) is 59.9 Å². The molecular weight excluding hydrogens is 264 g/mol. The predicted octanol–water partition coefficient (Wildman–Crippen LogP) is 1.24. The molecule has 1 aromatic rings. The van der Waals surface area contributed by atoms with Crippen molar-refractivity contribution in [3.8, 4) is 0 Å². The standard InChI is InChI=1S/C13H16N2O3S/c1-17-7-8-18-15-12(16)11-9-19-13(14-11)10-5-3-2-4-6-10/h2-6,11H,7-9H2,1H3,(H,15,16). The number of carbonyl (C=O) groups is 1. The number of hydroxylamine groups is 1. The fraction of sp³-hybridized carbons (Fsp3) is 0.385. The number of amides is 1. The number of methoxy groups -OCH3 is 1. The van der Waals surface area contributed by atoms with Crippen LogP contribution in [0.3, 0.4) is 0 Å². The first-order chi connectivity index (χ1) is 9.31. The van der Waals surface area contributed by atoms with Crippen LogP contribution in [0.1, 0.15) is 5.56 Å². The van der Waals surface area contributed by atoms with Gasteiger partial charge in [0.05, 0.1) is 18.3 Å². The quantitative estimate of drug-likeness (QED) is 0.629. The van der Waals surface area contributed by atoms with Gasteiger partial charge in [-0.1, -0.05) is 30.3 Å². The minimum absolute atomic E-state index is 0.213. The summed E-state index contributed by atoms with van der Waals surface area (Å²) >= 11 is 1.58. The highest BCUT2D eigenvalue weighted by Crippen LogP contribution is 2.23. The molecule has 102 valence electrons. The molecular formula is C13H16N2O3S. The Bertz CT molecular complexity index is 450. The van der Waals surface area contributed by atoms with Crippen LogP contribution in [0.2, 0.25) is 0 Å². The molecule has 0 fully saturated rings. The molecule has 1 unspecified atom stereocenters. The normalized spacial score (nSPS) is 18.2. The molecule has 0 saturated carbocycles. The third kappa shape index (κ3) is 4.05. The molecule has 0 radical (unpaired) electrons. The van der Waals surface area contributed by atoms with Gasteiger partial charge in [0, 0.05) is 18.4 Å². The largest absolute Gasteiger partial charge is 0.382 e. The minimum atomic E-state index is -0.386. The van der Waals surface area contributed by atoms with Crippen molar-refractivity contribution in [3.05, 3.63) is 35.9 Å². The lowest BCUT2D eigenvalue weighted by atomic mass is 10.2. The maximum absolute atomic E-state index is 11.8. The molecule has 0 bridgehead atoms. The zero-order valence-electron chi connectivity index (χ0n) is 10.7. The van der Waals surface area contributed by atoms with E-state index in [9.17, 15) is 4.79 Å². The third-order valence-corrected chi connectivity index (χ3v) is 3.63. The van der Waals surface area contributed by atoms with Gasteiger partial charge in [-0.15, -0.1) is 11.8 Å². The maximum atomic E-state index is 11.8. The second-order valence-corrected chi connectivity index (χ2v) is 4.94. The summed E-state index contributed by atoms with van der Waals surface area (Å²) in [7, 11) is 1.58. The van der Waals surface area contributed by atoms with E-state index in [2.05, 4.69) is 10.5 Å². The zero-order chi connectivity index (χ0) is 13.5. The van der Waals surface area contributed by atoms with Crippen molar-refractivity contribution in [1.82, 2.24) is 5.48 Å². The van der Waals surface area contributed by atoms with Gasteiger partial charge >= 0.3 is 0 Å². The van der Waals surface area contributed by atoms with Gasteiger partial charge in [0.25, 0.3) is 5.91 Å². The van der Waals surface area contributed by atoms with E-state index >= 15 is 0 Å². The molecule has 19 heavy (non-hydrogen) atoms. The molecule has 0 saturated heterocycles. The number of hydrogen-bond donors (Lipinski definition) is 1. The van der Waals surface area contributed by atoms with Gasteiger partial charge in [-0.2, -0.15) is 0 Å². The molecule has 5 nitrogen and oxygen atoms in total. The summed E-state index contributed by atoms with van der Waals surface area (Å²) in [6, 6.07) is 9.46. The number of hydrogen-bond acceptors (Lipinski definition) is 5. The highest BCUT2D eigenvalue weighted by Gasteiger charge is 2.25. The SMILES string of the molecule is COCCONC(=O)C1CSC(c2ccccc2)=N1. The van der Waals surface area contributed by atoms with Crippen LogP contribution in [-0.4, -0.2) is 43.1 Å². The Labute approximate surface area is 116 Å². The lowest BCUT2D eigenvalue weighted by molar-refractivity contribution is -0.135. The highest BCUT2D eigenvalue weighted by molar-refractivity contribution is 8.14. The van der Waals surface area contributed by atoms with Crippen molar-refractivity contribution >= 4 is 22.7 Å². The number of nitrogens with one attached hydrogen (secondary N) is 1. The predicted molar refractivity (Wildman–Crippen MR) is 75.2 cm³/mol. The molecule has 1 atom stereocenters. The molecule has 1 N–H and O–H groups in total. The molecule has 0 aromatic heterocycles. The van der Waals surface area contributed by atoms with Gasteiger partial charge in [-0.05, 0) is 0 Å². The Kier molecular flexibility index (Phi) is 5.38. The van der Waals surface area contributed by atoms with Crippen LogP contribution >= 0.6 is 11.8 Å². The van der Waals surface area contributed by atoms with Crippen molar-refractivity contribution in [3.63, 3.8) is 0 Å². The summed E-state index contributed by atoms with van der Waals surface area (Å²) < 4.78 is 4.82. The van der Waals surface area contributed by atoms with E-state index in [1.807, 2.05) is 30.3 Å². The van der Waals surface area contributed by atoms with E-state index in [0.717, 1.165) is 10.6 Å². The Hall–Kier alpha value is -1.37. The van der Waals surface area contributed by atoms with Crippen LogP contribution in [0.25, 0.3) is 0 Å². The lowest BCUT2D eigenvalue weighted by Crippen LogP contribution is -2.34. The van der Waals surface area contributed by atoms with Crippen LogP contribution < -0.4 is 5.48 Å². The van der Waals surface area contributed by atoms with E-state index in [0.29, 0.717) is 19.0 Å². The highest BCUT2D eigenvalue weighted by atomic mass is 32.2. The van der Waals surface area contributed by atoms with Crippen LogP contribution in [0, 0.1) is 0 Å². The van der Waals surface area contributed by atoms with Gasteiger partial charge in [-0.3, -0.25) is 14.6 Å². The van der Waals surface area contributed by atoms with E-state index in [-0.39, 0.29) is 11.9 Å². The summed E-state index contributed by atoms with van der Waals surface area (Å²) in [5.74, 6) is 0.429. The van der Waals surface area contributed by atoms with E-state index in [4.69, 9.17) is 9.57 Å². The number of benzene rings is 1. The van der Waals surface area contributed by atoms with Crippen LogP contribution in [0.4, 0.5) is 0 Å². The van der Waals surface area contributed by atoms with Crippen molar-refractivity contribution in [2.45, 2.75) is 6.04 Å². The first-order valence-electron chi connectivity index (χ1n) is 5.98. The van der Waals surface area contributed by atoms with Crippen LogP contribution in [-0.2, 0) is 14.4 Å². The molecule has 1 heterocycles. The molecule has 1 aliphatic rings. The van der Waals surface area contributed by atoms with Crippen molar-refractivity contribution in [2.24, 2.45) is 4.99 Å². The van der Waals surface area contributed by atoms with Gasteiger partial charge in [-0.25, -0.2) is 5.48 Å². The molecule has 6 heteroatoms. The monoisotopic (exact) mass is 280 g/mol. The summed E-state index contributed by atoms with van der Waals surface area (Å²) in [6.45, 7) is 0.773. The second kappa shape index (κ2) is 7.28. The summed E-state index contributed by atoms with van der Waals surface area (Å²) in [6.07, 6.45) is 0. The Morgan fingerprint density at radius 3 is 2.95 bits per heavy atom. The van der Waals surface area contributed by atoms with Gasteiger partial charge in [0.1, 0.15) is 6.04 Å². The molecule has 0 aliphatic carbocycles. The first-order valence-corrected chi connectivity index (χ1v) is 6.96. The van der Waals surface area contributed by atoms with E-state index in [1.54, 1.807) is 18.9 Å². The maximum Gasteiger partial charge on any atom is 0.269 e. The number of thioether (sulfide) groups is 1. The van der Waals surface area contributed by atoms with Gasteiger partial charge < -0.3 is 4.74 Å². The lowest BCUT2D eigenvalue weighted by Gasteiger charge is -2.07. The van der Waals surface area contributed by atoms with E-state index in [1.165, 1.54) is 0 Å². The summed E-state index contributed by atoms with van der Waals surface area (Å²) in [5, 5.41) is 0.901. The average Bonchev–Trinajstić information content (AvgIpc) is 2.94. The first kappa shape index (κ1) is 14.0. The molecule has 0 spiro atoms. The molecule has 1 aromatic carbocycles. The van der Waals surface area contributed by atoms with Gasteiger partial charge in [0.2, 0.25) is 0 Å². The minimum Gasteiger partial charge on any atom is -0.382 e. The average molecular weight is 280 g/mol. The smallest absolute Gasteiger partial charge is 0.269 e. The Balaban J connectivity index is 1.86. The van der Waals surface area contributed by atoms with E-state index < -0.39 is 0 Å². The number of nitrogens with zero attached hydrogens (tertiary/aromatic N) is 1. The molecule has 2 rings (SSSR count). The number of carbonyl (C=O) groups excluding carboxylic acids is 1. The molecule has 1 amide bonds. The molecule has 1 aliphatic heterocycles. The van der Waals surface area contributed by atoms with Gasteiger partial charge in [0.15, 0.2) is 0 Å². The fourth-order valence-electron chi connectivity index (χ4n) is 1.56. The van der Waals surface area contributed by atoms with Crippen molar-refractivity contribution in [2.75, 3.05) is 26.1 Å².